The molecule has 0 unspecified atom stereocenters. The highest BCUT2D eigenvalue weighted by Gasteiger charge is 2.14. The minimum atomic E-state index is 0. The number of rotatable bonds is 6. The predicted octanol–water partition coefficient (Wildman–Crippen LogP) is 3.31. The summed E-state index contributed by atoms with van der Waals surface area (Å²) in [4.78, 5) is 7.12. The first-order chi connectivity index (χ1) is 10.3. The molecule has 1 N–H and O–H groups in total. The summed E-state index contributed by atoms with van der Waals surface area (Å²) in [5, 5.41) is 3.40. The molecule has 0 aliphatic carbocycles. The molecule has 1 aromatic carbocycles. The van der Waals surface area contributed by atoms with E-state index in [1.165, 1.54) is 18.4 Å². The number of aliphatic imine (C=N–C) groups is 1. The lowest BCUT2D eigenvalue weighted by Crippen LogP contribution is -2.39. The van der Waals surface area contributed by atoms with Gasteiger partial charge in [-0.15, -0.1) is 24.0 Å². The number of methoxy groups -OCH3 is 1. The van der Waals surface area contributed by atoms with Gasteiger partial charge in [0.1, 0.15) is 5.75 Å². The molecule has 0 bridgehead atoms. The average molecular weight is 417 g/mol. The Hall–Kier alpha value is -0.980. The van der Waals surface area contributed by atoms with Crippen LogP contribution < -0.4 is 10.1 Å². The van der Waals surface area contributed by atoms with Crippen LogP contribution in [0.25, 0.3) is 0 Å². The molecule has 0 atom stereocenters. The summed E-state index contributed by atoms with van der Waals surface area (Å²) in [5.41, 5.74) is 1.32. The normalized spacial score (nSPS) is 14.6. The molecule has 0 saturated carbocycles. The molecule has 1 heterocycles. The lowest BCUT2D eigenvalue weighted by Gasteiger charge is -2.20. The summed E-state index contributed by atoms with van der Waals surface area (Å²) >= 11 is 0. The number of ether oxygens (including phenoxy) is 1. The third kappa shape index (κ3) is 6.02. The van der Waals surface area contributed by atoms with Gasteiger partial charge in [0.05, 0.1) is 7.11 Å². The Bertz CT molecular complexity index is 459. The molecule has 5 heteroatoms. The Morgan fingerprint density at radius 1 is 1.32 bits per heavy atom. The molecule has 1 fully saturated rings. The molecule has 0 spiro atoms. The lowest BCUT2D eigenvalue weighted by molar-refractivity contribution is 0.414. The highest BCUT2D eigenvalue weighted by molar-refractivity contribution is 14.0. The third-order valence-corrected chi connectivity index (χ3v) is 3.76. The molecule has 1 saturated heterocycles. The van der Waals surface area contributed by atoms with Crippen molar-refractivity contribution in [3.63, 3.8) is 0 Å². The van der Waals surface area contributed by atoms with Crippen LogP contribution in [0.2, 0.25) is 0 Å². The molecule has 124 valence electrons. The molecule has 0 amide bonds. The van der Waals surface area contributed by atoms with Crippen LogP contribution in [0, 0.1) is 0 Å². The van der Waals surface area contributed by atoms with E-state index in [0.717, 1.165) is 50.7 Å². The van der Waals surface area contributed by atoms with Gasteiger partial charge in [0.15, 0.2) is 5.96 Å². The minimum absolute atomic E-state index is 0. The maximum atomic E-state index is 5.25. The van der Waals surface area contributed by atoms with Crippen LogP contribution in [-0.2, 0) is 6.42 Å². The van der Waals surface area contributed by atoms with Gasteiger partial charge in [0.25, 0.3) is 0 Å². The topological polar surface area (TPSA) is 36.9 Å². The maximum Gasteiger partial charge on any atom is 0.193 e. The summed E-state index contributed by atoms with van der Waals surface area (Å²) in [6.07, 6.45) is 4.68. The summed E-state index contributed by atoms with van der Waals surface area (Å²) in [6.45, 7) is 6.21. The molecule has 0 radical (unpaired) electrons. The van der Waals surface area contributed by atoms with Gasteiger partial charge in [-0.2, -0.15) is 0 Å². The fraction of sp³-hybridized carbons (Fsp3) is 0.588. The maximum absolute atomic E-state index is 5.25. The molecular weight excluding hydrogens is 389 g/mol. The van der Waals surface area contributed by atoms with Crippen molar-refractivity contribution < 1.29 is 4.74 Å². The molecule has 1 aliphatic rings. The number of aryl methyl sites for hydroxylation is 1. The Kier molecular flexibility index (Phi) is 9.27. The monoisotopic (exact) mass is 417 g/mol. The van der Waals surface area contributed by atoms with E-state index in [0.29, 0.717) is 0 Å². The van der Waals surface area contributed by atoms with Gasteiger partial charge >= 0.3 is 0 Å². The van der Waals surface area contributed by atoms with E-state index >= 15 is 0 Å². The molecular formula is C17H28IN3O. The van der Waals surface area contributed by atoms with Crippen molar-refractivity contribution in [2.45, 2.75) is 32.6 Å². The van der Waals surface area contributed by atoms with Crippen molar-refractivity contribution in [1.29, 1.82) is 0 Å². The van der Waals surface area contributed by atoms with E-state index in [-0.39, 0.29) is 24.0 Å². The van der Waals surface area contributed by atoms with Crippen LogP contribution in [0.4, 0.5) is 0 Å². The van der Waals surface area contributed by atoms with Crippen molar-refractivity contribution in [1.82, 2.24) is 10.2 Å². The number of benzene rings is 1. The average Bonchev–Trinajstić information content (AvgIpc) is 3.05. The first-order valence-corrected chi connectivity index (χ1v) is 7.99. The van der Waals surface area contributed by atoms with E-state index in [1.54, 1.807) is 7.11 Å². The van der Waals surface area contributed by atoms with Crippen molar-refractivity contribution in [2.24, 2.45) is 4.99 Å². The Morgan fingerprint density at radius 3 is 2.77 bits per heavy atom. The standard InChI is InChI=1S/C17H27N3O.HI/c1-3-18-17(20-12-4-5-13-20)19-11-7-9-15-8-6-10-16(14-15)21-2;/h6,8,10,14H,3-5,7,9,11-13H2,1-2H3,(H,18,19);1H. The predicted molar refractivity (Wildman–Crippen MR) is 104 cm³/mol. The lowest BCUT2D eigenvalue weighted by atomic mass is 10.1. The largest absolute Gasteiger partial charge is 0.497 e. The number of nitrogens with one attached hydrogen (secondary N) is 1. The van der Waals surface area contributed by atoms with E-state index in [9.17, 15) is 0 Å². The smallest absolute Gasteiger partial charge is 0.193 e. The SMILES string of the molecule is CCNC(=NCCCc1cccc(OC)c1)N1CCCC1.I. The molecule has 2 rings (SSSR count). The summed E-state index contributed by atoms with van der Waals surface area (Å²) in [5.74, 6) is 2.02. The summed E-state index contributed by atoms with van der Waals surface area (Å²) in [6, 6.07) is 8.29. The van der Waals surface area contributed by atoms with Crippen molar-refractivity contribution in [3.8, 4) is 5.75 Å². The van der Waals surface area contributed by atoms with Crippen LogP contribution in [0.5, 0.6) is 5.75 Å². The second kappa shape index (κ2) is 10.7. The van der Waals surface area contributed by atoms with E-state index in [2.05, 4.69) is 29.3 Å². The van der Waals surface area contributed by atoms with Gasteiger partial charge in [-0.05, 0) is 50.3 Å². The number of halogens is 1. The number of nitrogens with zero attached hydrogens (tertiary/aromatic N) is 2. The van der Waals surface area contributed by atoms with Crippen LogP contribution in [0.15, 0.2) is 29.3 Å². The zero-order chi connectivity index (χ0) is 14.9. The number of guanidine groups is 1. The number of hydrogen-bond acceptors (Lipinski definition) is 2. The number of hydrogen-bond donors (Lipinski definition) is 1. The van der Waals surface area contributed by atoms with Crippen LogP contribution in [0.1, 0.15) is 31.7 Å². The minimum Gasteiger partial charge on any atom is -0.497 e. The van der Waals surface area contributed by atoms with Gasteiger partial charge in [-0.3, -0.25) is 4.99 Å². The van der Waals surface area contributed by atoms with Gasteiger partial charge < -0.3 is 15.0 Å². The van der Waals surface area contributed by atoms with Crippen molar-refractivity contribution in [3.05, 3.63) is 29.8 Å². The quantitative estimate of drug-likeness (QED) is 0.334. The third-order valence-electron chi connectivity index (χ3n) is 3.76. The molecule has 4 nitrogen and oxygen atoms in total. The summed E-state index contributed by atoms with van der Waals surface area (Å²) in [7, 11) is 1.71. The van der Waals surface area contributed by atoms with Crippen molar-refractivity contribution in [2.75, 3.05) is 33.3 Å². The number of likely N-dealkylation sites (tertiary alicyclic amines) is 1. The first-order valence-electron chi connectivity index (χ1n) is 7.99. The zero-order valence-corrected chi connectivity index (χ0v) is 16.0. The van der Waals surface area contributed by atoms with Gasteiger partial charge in [0.2, 0.25) is 0 Å². The second-order valence-corrected chi connectivity index (χ2v) is 5.38. The Labute approximate surface area is 151 Å². The highest BCUT2D eigenvalue weighted by Crippen LogP contribution is 2.14. The van der Waals surface area contributed by atoms with Crippen molar-refractivity contribution >= 4 is 29.9 Å². The van der Waals surface area contributed by atoms with Gasteiger partial charge in [0, 0.05) is 26.2 Å². The molecule has 1 aromatic rings. The fourth-order valence-electron chi connectivity index (χ4n) is 2.65. The van der Waals surface area contributed by atoms with Gasteiger partial charge in [-0.1, -0.05) is 12.1 Å². The van der Waals surface area contributed by atoms with Gasteiger partial charge in [-0.25, -0.2) is 0 Å². The highest BCUT2D eigenvalue weighted by atomic mass is 127. The summed E-state index contributed by atoms with van der Waals surface area (Å²) < 4.78 is 5.25. The first kappa shape index (κ1) is 19.1. The van der Waals surface area contributed by atoms with E-state index in [1.807, 2.05) is 12.1 Å². The van der Waals surface area contributed by atoms with E-state index in [4.69, 9.17) is 9.73 Å². The van der Waals surface area contributed by atoms with E-state index < -0.39 is 0 Å². The Balaban J connectivity index is 0.00000242. The fourth-order valence-corrected chi connectivity index (χ4v) is 2.65. The van der Waals surface area contributed by atoms with Crippen LogP contribution in [-0.4, -0.2) is 44.1 Å². The zero-order valence-electron chi connectivity index (χ0n) is 13.7. The Morgan fingerprint density at radius 2 is 2.09 bits per heavy atom. The molecule has 22 heavy (non-hydrogen) atoms. The molecule has 0 aromatic heterocycles. The van der Waals surface area contributed by atoms with Crippen LogP contribution in [0.3, 0.4) is 0 Å². The second-order valence-electron chi connectivity index (χ2n) is 5.38. The molecule has 1 aliphatic heterocycles. The van der Waals surface area contributed by atoms with Crippen LogP contribution >= 0.6 is 24.0 Å².